The van der Waals surface area contributed by atoms with Gasteiger partial charge in [0.15, 0.2) is 0 Å². The molecule has 0 radical (unpaired) electrons. The first-order valence-corrected chi connectivity index (χ1v) is 3.56. The number of nitrogens with zero attached hydrogens (tertiary/aromatic N) is 1. The minimum atomic E-state index is -2.56. The average molecular weight is 176 g/mol. The van der Waals surface area contributed by atoms with E-state index in [1.165, 1.54) is 0 Å². The number of halogens is 2. The number of hydrogen-bond acceptors (Lipinski definition) is 3. The van der Waals surface area contributed by atoms with Crippen molar-refractivity contribution in [3.05, 3.63) is 17.8 Å². The lowest BCUT2D eigenvalue weighted by atomic mass is 10.3. The second-order valence-electron chi connectivity index (χ2n) is 2.42. The molecule has 1 unspecified atom stereocenters. The number of oxazole rings is 1. The summed E-state index contributed by atoms with van der Waals surface area (Å²) >= 11 is 0. The average Bonchev–Trinajstić information content (AvgIpc) is 2.51. The molecule has 0 aromatic carbocycles. The van der Waals surface area contributed by atoms with Gasteiger partial charge in [0.1, 0.15) is 12.0 Å². The molecule has 1 rings (SSSR count). The molecule has 1 heterocycles. The molecule has 0 aliphatic heterocycles. The molecule has 0 saturated heterocycles. The Labute approximate surface area is 68.8 Å². The molecular weight excluding hydrogens is 166 g/mol. The fourth-order valence-electron chi connectivity index (χ4n) is 0.723. The van der Waals surface area contributed by atoms with E-state index in [1.54, 1.807) is 14.0 Å². The quantitative estimate of drug-likeness (QED) is 0.764. The van der Waals surface area contributed by atoms with Crippen LogP contribution in [0.4, 0.5) is 8.78 Å². The summed E-state index contributed by atoms with van der Waals surface area (Å²) < 4.78 is 28.8. The van der Waals surface area contributed by atoms with Crippen LogP contribution in [0.2, 0.25) is 0 Å². The summed E-state index contributed by atoms with van der Waals surface area (Å²) in [5.41, 5.74) is -0.313. The van der Waals surface area contributed by atoms with Gasteiger partial charge in [0.25, 0.3) is 6.43 Å². The number of rotatable bonds is 3. The van der Waals surface area contributed by atoms with Crippen molar-refractivity contribution in [2.45, 2.75) is 19.4 Å². The lowest BCUT2D eigenvalue weighted by Crippen LogP contribution is -2.12. The SMILES string of the molecule is CNC(C)c1nc(C(F)F)co1. The number of aromatic nitrogens is 1. The third kappa shape index (κ3) is 1.79. The van der Waals surface area contributed by atoms with E-state index < -0.39 is 6.43 Å². The Hall–Kier alpha value is -0.970. The van der Waals surface area contributed by atoms with Crippen LogP contribution in [0.15, 0.2) is 10.7 Å². The minimum Gasteiger partial charge on any atom is -0.447 e. The zero-order chi connectivity index (χ0) is 9.14. The maximum atomic E-state index is 12.0. The number of nitrogens with one attached hydrogen (secondary N) is 1. The Morgan fingerprint density at radius 2 is 2.25 bits per heavy atom. The first kappa shape index (κ1) is 9.12. The van der Waals surface area contributed by atoms with Crippen molar-refractivity contribution < 1.29 is 13.2 Å². The van der Waals surface area contributed by atoms with Crippen molar-refractivity contribution >= 4 is 0 Å². The van der Waals surface area contributed by atoms with E-state index in [9.17, 15) is 8.78 Å². The van der Waals surface area contributed by atoms with Gasteiger partial charge in [-0.2, -0.15) is 0 Å². The van der Waals surface area contributed by atoms with Crippen LogP contribution in [0, 0.1) is 0 Å². The van der Waals surface area contributed by atoms with Crippen LogP contribution in [0.3, 0.4) is 0 Å². The molecule has 1 aromatic heterocycles. The molecule has 3 nitrogen and oxygen atoms in total. The van der Waals surface area contributed by atoms with Gasteiger partial charge in [-0.3, -0.25) is 0 Å². The summed E-state index contributed by atoms with van der Waals surface area (Å²) in [7, 11) is 1.71. The molecular formula is C7H10F2N2O. The van der Waals surface area contributed by atoms with E-state index >= 15 is 0 Å². The summed E-state index contributed by atoms with van der Waals surface area (Å²) in [6, 6.07) is -0.141. The predicted octanol–water partition coefficient (Wildman–Crippen LogP) is 1.89. The van der Waals surface area contributed by atoms with Crippen LogP contribution < -0.4 is 5.32 Å². The Bertz CT molecular complexity index is 249. The van der Waals surface area contributed by atoms with E-state index in [4.69, 9.17) is 4.42 Å². The molecule has 0 fully saturated rings. The third-order valence-corrected chi connectivity index (χ3v) is 1.57. The standard InChI is InChI=1S/C7H10F2N2O/c1-4(10-2)7-11-5(3-12-7)6(8)9/h3-4,6,10H,1-2H3. The fraction of sp³-hybridized carbons (Fsp3) is 0.571. The highest BCUT2D eigenvalue weighted by Crippen LogP contribution is 2.19. The second-order valence-corrected chi connectivity index (χ2v) is 2.42. The van der Waals surface area contributed by atoms with Crippen molar-refractivity contribution in [1.29, 1.82) is 0 Å². The van der Waals surface area contributed by atoms with E-state index in [2.05, 4.69) is 10.3 Å². The van der Waals surface area contributed by atoms with Crippen molar-refractivity contribution in [3.8, 4) is 0 Å². The molecule has 0 spiro atoms. The number of alkyl halides is 2. The van der Waals surface area contributed by atoms with Gasteiger partial charge in [-0.15, -0.1) is 0 Å². The van der Waals surface area contributed by atoms with Gasteiger partial charge in [-0.25, -0.2) is 13.8 Å². The van der Waals surface area contributed by atoms with Crippen LogP contribution >= 0.6 is 0 Å². The smallest absolute Gasteiger partial charge is 0.283 e. The van der Waals surface area contributed by atoms with Gasteiger partial charge in [0.05, 0.1) is 6.04 Å². The molecule has 68 valence electrons. The molecule has 0 amide bonds. The Morgan fingerprint density at radius 1 is 1.58 bits per heavy atom. The largest absolute Gasteiger partial charge is 0.447 e. The van der Waals surface area contributed by atoms with Gasteiger partial charge < -0.3 is 9.73 Å². The molecule has 5 heteroatoms. The highest BCUT2D eigenvalue weighted by Gasteiger charge is 2.15. The highest BCUT2D eigenvalue weighted by molar-refractivity contribution is 5.00. The fourth-order valence-corrected chi connectivity index (χ4v) is 0.723. The Balaban J connectivity index is 2.77. The van der Waals surface area contributed by atoms with Gasteiger partial charge in [-0.1, -0.05) is 0 Å². The molecule has 0 aliphatic carbocycles. The van der Waals surface area contributed by atoms with Gasteiger partial charge in [0, 0.05) is 0 Å². The van der Waals surface area contributed by atoms with Crippen molar-refractivity contribution in [2.75, 3.05) is 7.05 Å². The molecule has 1 N–H and O–H groups in total. The Morgan fingerprint density at radius 3 is 2.67 bits per heavy atom. The van der Waals surface area contributed by atoms with Crippen LogP contribution in [-0.4, -0.2) is 12.0 Å². The third-order valence-electron chi connectivity index (χ3n) is 1.57. The zero-order valence-corrected chi connectivity index (χ0v) is 6.84. The zero-order valence-electron chi connectivity index (χ0n) is 6.84. The molecule has 0 aliphatic rings. The summed E-state index contributed by atoms with van der Waals surface area (Å²) in [4.78, 5) is 3.60. The summed E-state index contributed by atoms with van der Waals surface area (Å²) in [5, 5.41) is 2.83. The monoisotopic (exact) mass is 176 g/mol. The minimum absolute atomic E-state index is 0.141. The summed E-state index contributed by atoms with van der Waals surface area (Å²) in [6.07, 6.45) is -1.58. The molecule has 12 heavy (non-hydrogen) atoms. The maximum absolute atomic E-state index is 12.0. The molecule has 0 bridgehead atoms. The van der Waals surface area contributed by atoms with Crippen molar-refractivity contribution in [3.63, 3.8) is 0 Å². The summed E-state index contributed by atoms with van der Waals surface area (Å²) in [6.45, 7) is 1.78. The Kier molecular flexibility index (Phi) is 2.75. The van der Waals surface area contributed by atoms with Gasteiger partial charge in [0.2, 0.25) is 5.89 Å². The van der Waals surface area contributed by atoms with E-state index in [-0.39, 0.29) is 17.6 Å². The summed E-state index contributed by atoms with van der Waals surface area (Å²) in [5.74, 6) is 0.285. The first-order valence-electron chi connectivity index (χ1n) is 3.56. The highest BCUT2D eigenvalue weighted by atomic mass is 19.3. The second kappa shape index (κ2) is 3.62. The van der Waals surface area contributed by atoms with Gasteiger partial charge in [-0.05, 0) is 14.0 Å². The molecule has 0 saturated carbocycles. The predicted molar refractivity (Wildman–Crippen MR) is 38.9 cm³/mol. The van der Waals surface area contributed by atoms with Gasteiger partial charge >= 0.3 is 0 Å². The van der Waals surface area contributed by atoms with E-state index in [0.29, 0.717) is 0 Å². The molecule has 1 atom stereocenters. The lowest BCUT2D eigenvalue weighted by molar-refractivity contribution is 0.146. The van der Waals surface area contributed by atoms with Crippen LogP contribution in [0.1, 0.15) is 31.0 Å². The molecule has 1 aromatic rings. The van der Waals surface area contributed by atoms with Crippen LogP contribution in [0.5, 0.6) is 0 Å². The van der Waals surface area contributed by atoms with Crippen molar-refractivity contribution in [1.82, 2.24) is 10.3 Å². The van der Waals surface area contributed by atoms with E-state index in [0.717, 1.165) is 6.26 Å². The van der Waals surface area contributed by atoms with Crippen LogP contribution in [-0.2, 0) is 0 Å². The topological polar surface area (TPSA) is 38.1 Å². The lowest BCUT2D eigenvalue weighted by Gasteiger charge is -2.02. The maximum Gasteiger partial charge on any atom is 0.283 e. The normalized spacial score (nSPS) is 13.8. The van der Waals surface area contributed by atoms with Crippen LogP contribution in [0.25, 0.3) is 0 Å². The first-order chi connectivity index (χ1) is 5.65. The van der Waals surface area contributed by atoms with E-state index in [1.807, 2.05) is 0 Å². The van der Waals surface area contributed by atoms with Crippen molar-refractivity contribution in [2.24, 2.45) is 0 Å². The number of hydrogen-bond donors (Lipinski definition) is 1.